The lowest BCUT2D eigenvalue weighted by atomic mass is 9.70. The van der Waals surface area contributed by atoms with E-state index in [4.69, 9.17) is 5.73 Å². The summed E-state index contributed by atoms with van der Waals surface area (Å²) in [4.78, 5) is 0. The summed E-state index contributed by atoms with van der Waals surface area (Å²) in [6.07, 6.45) is 15.7. The van der Waals surface area contributed by atoms with Gasteiger partial charge >= 0.3 is 0 Å². The van der Waals surface area contributed by atoms with Crippen LogP contribution in [0.1, 0.15) is 84.5 Å². The van der Waals surface area contributed by atoms with Crippen LogP contribution in [0.25, 0.3) is 0 Å². The van der Waals surface area contributed by atoms with Gasteiger partial charge in [0.25, 0.3) is 0 Å². The average Bonchev–Trinajstić information content (AvgIpc) is 2.46. The van der Waals surface area contributed by atoms with Crippen molar-refractivity contribution in [1.29, 1.82) is 0 Å². The van der Waals surface area contributed by atoms with Gasteiger partial charge in [-0.3, -0.25) is 0 Å². The highest BCUT2D eigenvalue weighted by molar-refractivity contribution is 4.86. The highest BCUT2D eigenvalue weighted by atomic mass is 14.7. The summed E-state index contributed by atoms with van der Waals surface area (Å²) in [5, 5.41) is 0. The van der Waals surface area contributed by atoms with E-state index in [0.717, 1.165) is 23.7 Å². The van der Waals surface area contributed by atoms with E-state index in [9.17, 15) is 0 Å². The van der Waals surface area contributed by atoms with Gasteiger partial charge in [-0.15, -0.1) is 0 Å². The molecule has 2 aliphatic carbocycles. The molecule has 19 heavy (non-hydrogen) atoms. The Labute approximate surface area is 120 Å². The monoisotopic (exact) mass is 265 g/mol. The van der Waals surface area contributed by atoms with E-state index in [2.05, 4.69) is 13.8 Å². The third-order valence-electron chi connectivity index (χ3n) is 6.01. The minimum atomic E-state index is 0.514. The molecule has 0 amide bonds. The predicted molar refractivity (Wildman–Crippen MR) is 84.1 cm³/mol. The van der Waals surface area contributed by atoms with Gasteiger partial charge in [-0.25, -0.2) is 0 Å². The first-order valence-electron chi connectivity index (χ1n) is 8.96. The van der Waals surface area contributed by atoms with Gasteiger partial charge in [-0.05, 0) is 49.4 Å². The van der Waals surface area contributed by atoms with Crippen molar-refractivity contribution in [2.24, 2.45) is 29.4 Å². The molecule has 0 aromatic heterocycles. The largest absolute Gasteiger partial charge is 0.327 e. The lowest BCUT2D eigenvalue weighted by molar-refractivity contribution is 0.162. The Morgan fingerprint density at radius 3 is 1.95 bits per heavy atom. The fourth-order valence-electron chi connectivity index (χ4n) is 4.41. The van der Waals surface area contributed by atoms with Gasteiger partial charge in [0.2, 0.25) is 0 Å². The highest BCUT2D eigenvalue weighted by Crippen LogP contribution is 2.38. The number of hydrogen-bond acceptors (Lipinski definition) is 1. The van der Waals surface area contributed by atoms with Gasteiger partial charge < -0.3 is 5.73 Å². The molecule has 112 valence electrons. The number of rotatable bonds is 5. The van der Waals surface area contributed by atoms with Crippen molar-refractivity contribution >= 4 is 0 Å². The van der Waals surface area contributed by atoms with E-state index in [1.807, 2.05) is 0 Å². The van der Waals surface area contributed by atoms with Gasteiger partial charge in [0, 0.05) is 6.04 Å². The molecule has 2 fully saturated rings. The Balaban J connectivity index is 1.71. The third kappa shape index (κ3) is 4.48. The molecule has 0 saturated heterocycles. The summed E-state index contributed by atoms with van der Waals surface area (Å²) >= 11 is 0. The lowest BCUT2D eigenvalue weighted by Crippen LogP contribution is -2.40. The Hall–Kier alpha value is -0.0400. The fraction of sp³-hybridized carbons (Fsp3) is 1.00. The molecule has 1 nitrogen and oxygen atoms in total. The van der Waals surface area contributed by atoms with Crippen molar-refractivity contribution in [3.8, 4) is 0 Å². The molecular formula is C18H35N. The molecular weight excluding hydrogens is 230 g/mol. The molecule has 2 rings (SSSR count). The van der Waals surface area contributed by atoms with Crippen LogP contribution in [0.15, 0.2) is 0 Å². The van der Waals surface area contributed by atoms with Gasteiger partial charge in [0.05, 0.1) is 0 Å². The van der Waals surface area contributed by atoms with E-state index >= 15 is 0 Å². The van der Waals surface area contributed by atoms with Crippen molar-refractivity contribution in [2.45, 2.75) is 90.5 Å². The second-order valence-electron chi connectivity index (χ2n) is 7.52. The zero-order chi connectivity index (χ0) is 13.7. The first-order chi connectivity index (χ1) is 9.20. The van der Waals surface area contributed by atoms with Crippen LogP contribution < -0.4 is 5.73 Å². The van der Waals surface area contributed by atoms with Crippen LogP contribution >= 0.6 is 0 Å². The van der Waals surface area contributed by atoms with Gasteiger partial charge in [-0.1, -0.05) is 58.8 Å². The van der Waals surface area contributed by atoms with Crippen LogP contribution in [0.4, 0.5) is 0 Å². The van der Waals surface area contributed by atoms with Crippen LogP contribution in [-0.2, 0) is 0 Å². The molecule has 1 atom stereocenters. The summed E-state index contributed by atoms with van der Waals surface area (Å²) in [6.45, 7) is 4.71. The van der Waals surface area contributed by atoms with Crippen LogP contribution in [-0.4, -0.2) is 6.04 Å². The van der Waals surface area contributed by atoms with E-state index in [1.54, 1.807) is 0 Å². The molecule has 0 heterocycles. The molecule has 0 radical (unpaired) electrons. The van der Waals surface area contributed by atoms with E-state index < -0.39 is 0 Å². The van der Waals surface area contributed by atoms with Gasteiger partial charge in [-0.2, -0.15) is 0 Å². The van der Waals surface area contributed by atoms with Crippen molar-refractivity contribution in [3.05, 3.63) is 0 Å². The molecule has 1 heteroatoms. The topological polar surface area (TPSA) is 26.0 Å². The molecule has 2 saturated carbocycles. The standard InChI is InChI=1S/C18H35N/c1-3-4-5-15-8-12-17(13-9-15)18(19)16-10-6-14(2)7-11-16/h14-18H,3-13,19H2,1-2H3. The SMILES string of the molecule is CCCCC1CCC(C(N)C2CCC(C)CC2)CC1. The summed E-state index contributed by atoms with van der Waals surface area (Å²) < 4.78 is 0. The number of unbranched alkanes of at least 4 members (excludes halogenated alkanes) is 1. The second-order valence-corrected chi connectivity index (χ2v) is 7.52. The smallest absolute Gasteiger partial charge is 0.00956 e. The van der Waals surface area contributed by atoms with Crippen molar-refractivity contribution in [1.82, 2.24) is 0 Å². The molecule has 2 N–H and O–H groups in total. The van der Waals surface area contributed by atoms with Crippen LogP contribution in [0.5, 0.6) is 0 Å². The maximum Gasteiger partial charge on any atom is 0.00956 e. The molecule has 0 aromatic rings. The molecule has 0 aliphatic heterocycles. The molecule has 0 aromatic carbocycles. The summed E-state index contributed by atoms with van der Waals surface area (Å²) in [6, 6.07) is 0.514. The Morgan fingerprint density at radius 1 is 0.895 bits per heavy atom. The Morgan fingerprint density at radius 2 is 1.42 bits per heavy atom. The minimum absolute atomic E-state index is 0.514. The molecule has 2 aliphatic rings. The fourth-order valence-corrected chi connectivity index (χ4v) is 4.41. The van der Waals surface area contributed by atoms with Crippen LogP contribution in [0.3, 0.4) is 0 Å². The quantitative estimate of drug-likeness (QED) is 0.732. The van der Waals surface area contributed by atoms with E-state index in [1.165, 1.54) is 70.6 Å². The van der Waals surface area contributed by atoms with Gasteiger partial charge in [0.15, 0.2) is 0 Å². The molecule has 0 bridgehead atoms. The highest BCUT2D eigenvalue weighted by Gasteiger charge is 2.31. The molecule has 0 spiro atoms. The molecule has 1 unspecified atom stereocenters. The first kappa shape index (κ1) is 15.4. The van der Waals surface area contributed by atoms with Crippen molar-refractivity contribution in [2.75, 3.05) is 0 Å². The summed E-state index contributed by atoms with van der Waals surface area (Å²) in [5.41, 5.74) is 6.61. The number of hydrogen-bond donors (Lipinski definition) is 1. The Kier molecular flexibility index (Phi) is 6.19. The predicted octanol–water partition coefficient (Wildman–Crippen LogP) is 5.14. The first-order valence-corrected chi connectivity index (χ1v) is 8.96. The maximum absolute atomic E-state index is 6.61. The average molecular weight is 265 g/mol. The lowest BCUT2D eigenvalue weighted by Gasteiger charge is -2.38. The summed E-state index contributed by atoms with van der Waals surface area (Å²) in [7, 11) is 0. The van der Waals surface area contributed by atoms with E-state index in [-0.39, 0.29) is 0 Å². The maximum atomic E-state index is 6.61. The van der Waals surface area contributed by atoms with Crippen molar-refractivity contribution < 1.29 is 0 Å². The second kappa shape index (κ2) is 7.67. The normalized spacial score (nSPS) is 38.1. The number of nitrogens with two attached hydrogens (primary N) is 1. The van der Waals surface area contributed by atoms with Gasteiger partial charge in [0.1, 0.15) is 0 Å². The Bertz CT molecular complexity index is 234. The van der Waals surface area contributed by atoms with Crippen LogP contribution in [0, 0.1) is 23.7 Å². The third-order valence-corrected chi connectivity index (χ3v) is 6.01. The summed E-state index contributed by atoms with van der Waals surface area (Å²) in [5.74, 6) is 3.66. The minimum Gasteiger partial charge on any atom is -0.327 e. The zero-order valence-electron chi connectivity index (χ0n) is 13.2. The van der Waals surface area contributed by atoms with E-state index in [0.29, 0.717) is 6.04 Å². The van der Waals surface area contributed by atoms with Crippen molar-refractivity contribution in [3.63, 3.8) is 0 Å². The zero-order valence-corrected chi connectivity index (χ0v) is 13.2. The van der Waals surface area contributed by atoms with Crippen LogP contribution in [0.2, 0.25) is 0 Å².